The summed E-state index contributed by atoms with van der Waals surface area (Å²) in [6.45, 7) is 0.969. The van der Waals surface area contributed by atoms with Crippen LogP contribution in [0.15, 0.2) is 24.3 Å². The molecule has 0 saturated heterocycles. The van der Waals surface area contributed by atoms with Gasteiger partial charge in [-0.1, -0.05) is 6.07 Å². The van der Waals surface area contributed by atoms with E-state index in [2.05, 4.69) is 5.43 Å². The summed E-state index contributed by atoms with van der Waals surface area (Å²) < 4.78 is 17.7. The van der Waals surface area contributed by atoms with Crippen molar-refractivity contribution < 1.29 is 9.13 Å². The summed E-state index contributed by atoms with van der Waals surface area (Å²) in [5, 5.41) is 0. The van der Waals surface area contributed by atoms with Gasteiger partial charge >= 0.3 is 0 Å². The Balaban J connectivity index is 2.41. The first-order valence-corrected chi connectivity index (χ1v) is 3.65. The second-order valence-electron chi connectivity index (χ2n) is 2.26. The first kappa shape index (κ1) is 8.96. The van der Waals surface area contributed by atoms with Crippen LogP contribution in [0.25, 0.3) is 0 Å². The third-order valence-corrected chi connectivity index (χ3v) is 1.31. The maximum Gasteiger partial charge on any atom is 0.126 e. The number of rotatable bonds is 4. The topological polar surface area (TPSA) is 47.3 Å². The predicted octanol–water partition coefficient (Wildman–Crippen LogP) is 0.668. The Bertz CT molecular complexity index is 242. The monoisotopic (exact) mass is 170 g/mol. The molecule has 66 valence electrons. The summed E-state index contributed by atoms with van der Waals surface area (Å²) in [6, 6.07) is 5.99. The molecule has 0 radical (unpaired) electrons. The number of benzene rings is 1. The quantitative estimate of drug-likeness (QED) is 0.396. The molecule has 0 heterocycles. The molecular formula is C8H11FN2O. The molecule has 0 saturated carbocycles. The van der Waals surface area contributed by atoms with E-state index in [1.807, 2.05) is 0 Å². The van der Waals surface area contributed by atoms with Crippen LogP contribution in [0.1, 0.15) is 0 Å². The van der Waals surface area contributed by atoms with E-state index in [0.29, 0.717) is 18.9 Å². The van der Waals surface area contributed by atoms with E-state index >= 15 is 0 Å². The fourth-order valence-corrected chi connectivity index (χ4v) is 0.785. The number of halogens is 1. The van der Waals surface area contributed by atoms with Crippen LogP contribution in [0.5, 0.6) is 5.75 Å². The summed E-state index contributed by atoms with van der Waals surface area (Å²) in [5.41, 5.74) is 2.43. The Morgan fingerprint density at radius 3 is 3.00 bits per heavy atom. The van der Waals surface area contributed by atoms with E-state index in [9.17, 15) is 4.39 Å². The lowest BCUT2D eigenvalue weighted by atomic mass is 10.3. The molecule has 4 heteroatoms. The zero-order valence-corrected chi connectivity index (χ0v) is 6.59. The van der Waals surface area contributed by atoms with E-state index in [0.717, 1.165) is 0 Å². The van der Waals surface area contributed by atoms with Gasteiger partial charge in [0.05, 0.1) is 0 Å². The second-order valence-corrected chi connectivity index (χ2v) is 2.26. The van der Waals surface area contributed by atoms with Crippen molar-refractivity contribution in [2.24, 2.45) is 5.84 Å². The molecule has 1 rings (SSSR count). The van der Waals surface area contributed by atoms with Crippen molar-refractivity contribution in [3.8, 4) is 5.75 Å². The van der Waals surface area contributed by atoms with Gasteiger partial charge in [0.2, 0.25) is 0 Å². The zero-order chi connectivity index (χ0) is 8.81. The molecule has 0 fully saturated rings. The lowest BCUT2D eigenvalue weighted by Crippen LogP contribution is -2.27. The normalized spacial score (nSPS) is 9.83. The van der Waals surface area contributed by atoms with Gasteiger partial charge in [0.15, 0.2) is 0 Å². The average molecular weight is 170 g/mol. The lowest BCUT2D eigenvalue weighted by molar-refractivity contribution is 0.313. The molecule has 1 aromatic carbocycles. The highest BCUT2D eigenvalue weighted by Gasteiger charge is 1.93. The third-order valence-electron chi connectivity index (χ3n) is 1.31. The van der Waals surface area contributed by atoms with E-state index in [4.69, 9.17) is 10.6 Å². The lowest BCUT2D eigenvalue weighted by Gasteiger charge is -2.04. The summed E-state index contributed by atoms with van der Waals surface area (Å²) in [5.74, 6) is 5.24. The fraction of sp³-hybridized carbons (Fsp3) is 0.250. The molecule has 3 nitrogen and oxygen atoms in total. The molecule has 0 unspecified atom stereocenters. The van der Waals surface area contributed by atoms with Crippen molar-refractivity contribution in [3.05, 3.63) is 30.1 Å². The van der Waals surface area contributed by atoms with Crippen molar-refractivity contribution in [2.75, 3.05) is 13.2 Å². The van der Waals surface area contributed by atoms with Gasteiger partial charge in [-0.25, -0.2) is 4.39 Å². The van der Waals surface area contributed by atoms with Crippen molar-refractivity contribution in [2.45, 2.75) is 0 Å². The second kappa shape index (κ2) is 4.69. The van der Waals surface area contributed by atoms with Crippen LogP contribution in [-0.2, 0) is 0 Å². The molecule has 0 aromatic heterocycles. The number of hydrogen-bond donors (Lipinski definition) is 2. The van der Waals surface area contributed by atoms with Crippen molar-refractivity contribution in [3.63, 3.8) is 0 Å². The van der Waals surface area contributed by atoms with Crippen LogP contribution in [0, 0.1) is 5.82 Å². The maximum atomic E-state index is 12.6. The molecular weight excluding hydrogens is 159 g/mol. The molecule has 0 atom stereocenters. The molecule has 0 aliphatic heterocycles. The fourth-order valence-electron chi connectivity index (χ4n) is 0.785. The van der Waals surface area contributed by atoms with Crippen molar-refractivity contribution in [1.29, 1.82) is 0 Å². The van der Waals surface area contributed by atoms with Gasteiger partial charge in [-0.2, -0.15) is 0 Å². The van der Waals surface area contributed by atoms with Crippen LogP contribution in [0.4, 0.5) is 4.39 Å². The smallest absolute Gasteiger partial charge is 0.126 e. The van der Waals surface area contributed by atoms with Gasteiger partial charge in [-0.3, -0.25) is 11.3 Å². The van der Waals surface area contributed by atoms with Crippen molar-refractivity contribution >= 4 is 0 Å². The van der Waals surface area contributed by atoms with E-state index in [1.165, 1.54) is 12.1 Å². The SMILES string of the molecule is NNCCOc1cccc(F)c1. The summed E-state index contributed by atoms with van der Waals surface area (Å²) >= 11 is 0. The minimum atomic E-state index is -0.298. The Hall–Kier alpha value is -1.13. The Morgan fingerprint density at radius 1 is 1.50 bits per heavy atom. The first-order valence-electron chi connectivity index (χ1n) is 3.65. The van der Waals surface area contributed by atoms with E-state index < -0.39 is 0 Å². The Kier molecular flexibility index (Phi) is 3.50. The van der Waals surface area contributed by atoms with Gasteiger partial charge in [0.1, 0.15) is 18.2 Å². The third kappa shape index (κ3) is 2.86. The number of ether oxygens (including phenoxy) is 1. The van der Waals surface area contributed by atoms with Crippen LogP contribution >= 0.6 is 0 Å². The molecule has 12 heavy (non-hydrogen) atoms. The standard InChI is InChI=1S/C8H11FN2O/c9-7-2-1-3-8(6-7)12-5-4-11-10/h1-3,6,11H,4-5,10H2. The predicted molar refractivity (Wildman–Crippen MR) is 44.1 cm³/mol. The largest absolute Gasteiger partial charge is 0.492 e. The molecule has 0 aliphatic rings. The van der Waals surface area contributed by atoms with Gasteiger partial charge in [0.25, 0.3) is 0 Å². The molecule has 0 spiro atoms. The highest BCUT2D eigenvalue weighted by molar-refractivity contribution is 5.22. The number of hydrazine groups is 1. The van der Waals surface area contributed by atoms with Crippen LogP contribution in [-0.4, -0.2) is 13.2 Å². The number of nitrogens with one attached hydrogen (secondary N) is 1. The van der Waals surface area contributed by atoms with Crippen LogP contribution < -0.4 is 16.0 Å². The molecule has 0 aliphatic carbocycles. The van der Waals surface area contributed by atoms with Gasteiger partial charge in [0, 0.05) is 12.6 Å². The Labute approximate surface area is 70.3 Å². The minimum Gasteiger partial charge on any atom is -0.492 e. The van der Waals surface area contributed by atoms with E-state index in [1.54, 1.807) is 12.1 Å². The summed E-state index contributed by atoms with van der Waals surface area (Å²) in [6.07, 6.45) is 0. The van der Waals surface area contributed by atoms with Crippen LogP contribution in [0.3, 0.4) is 0 Å². The number of nitrogens with two attached hydrogens (primary N) is 1. The molecule has 0 bridgehead atoms. The highest BCUT2D eigenvalue weighted by Crippen LogP contribution is 2.11. The molecule has 1 aromatic rings. The van der Waals surface area contributed by atoms with E-state index in [-0.39, 0.29) is 5.82 Å². The molecule has 0 amide bonds. The van der Waals surface area contributed by atoms with Crippen LogP contribution in [0.2, 0.25) is 0 Å². The summed E-state index contributed by atoms with van der Waals surface area (Å²) in [7, 11) is 0. The number of hydrogen-bond acceptors (Lipinski definition) is 3. The molecule has 3 N–H and O–H groups in total. The van der Waals surface area contributed by atoms with Crippen molar-refractivity contribution in [1.82, 2.24) is 5.43 Å². The highest BCUT2D eigenvalue weighted by atomic mass is 19.1. The maximum absolute atomic E-state index is 12.6. The average Bonchev–Trinajstić information content (AvgIpc) is 2.05. The van der Waals surface area contributed by atoms with Gasteiger partial charge < -0.3 is 4.74 Å². The Morgan fingerprint density at radius 2 is 2.33 bits per heavy atom. The first-order chi connectivity index (χ1) is 5.83. The minimum absolute atomic E-state index is 0.298. The zero-order valence-electron chi connectivity index (χ0n) is 6.59. The summed E-state index contributed by atoms with van der Waals surface area (Å²) in [4.78, 5) is 0. The van der Waals surface area contributed by atoms with Gasteiger partial charge in [-0.15, -0.1) is 0 Å². The van der Waals surface area contributed by atoms with Gasteiger partial charge in [-0.05, 0) is 12.1 Å².